The normalized spacial score (nSPS) is 22.5. The van der Waals surface area contributed by atoms with Crippen molar-refractivity contribution in [1.29, 1.82) is 0 Å². The summed E-state index contributed by atoms with van der Waals surface area (Å²) in [6.45, 7) is 2.07. The fourth-order valence-corrected chi connectivity index (χ4v) is 9.30. The number of nitrogens with two attached hydrogens (primary N) is 1. The van der Waals surface area contributed by atoms with Gasteiger partial charge in [-0.25, -0.2) is 0 Å². The summed E-state index contributed by atoms with van der Waals surface area (Å²) in [5.74, 6) is -24.6. The number of hydrogen-bond acceptors (Lipinski definition) is 13. The molecular weight excluding hydrogens is 840 g/mol. The van der Waals surface area contributed by atoms with Gasteiger partial charge in [-0.05, 0) is 79.5 Å². The van der Waals surface area contributed by atoms with E-state index in [1.54, 1.807) is 12.1 Å². The molecule has 0 heterocycles. The lowest BCUT2D eigenvalue weighted by molar-refractivity contribution is -0.159. The largest absolute Gasteiger partial charge is 0.508 e. The van der Waals surface area contributed by atoms with Crippen LogP contribution >= 0.6 is 0 Å². The van der Waals surface area contributed by atoms with E-state index in [2.05, 4.69) is 12.2 Å². The average Bonchev–Trinajstić information content (AvgIpc) is 3.52. The fraction of sp³-hybridized carbons (Fsp3) is 0.575. The third kappa shape index (κ3) is 11.8. The number of nitrogens with one attached hydrogen (secondary N) is 3. The van der Waals surface area contributed by atoms with Crippen molar-refractivity contribution in [3.63, 3.8) is 0 Å². The molecule has 0 unspecified atom stereocenters. The smallest absolute Gasteiger partial charge is 0.317 e. The number of fused-ring (bicyclic) bond motifs is 5. The van der Waals surface area contributed by atoms with Gasteiger partial charge in [0.05, 0.1) is 6.42 Å². The van der Waals surface area contributed by atoms with Crippen LogP contribution in [0, 0.1) is 35.0 Å². The van der Waals surface area contributed by atoms with Crippen LogP contribution in [0.15, 0.2) is 18.2 Å². The lowest BCUT2D eigenvalue weighted by atomic mass is 9.55. The number of phenolic OH excluding ortho intramolecular Hbond substituents is 1. The molecule has 0 aromatic heterocycles. The number of rotatable bonds is 22. The highest BCUT2D eigenvalue weighted by Crippen LogP contribution is 2.61. The van der Waals surface area contributed by atoms with Gasteiger partial charge in [-0.15, -0.1) is 0 Å². The van der Waals surface area contributed by atoms with Crippen LogP contribution in [0.25, 0.3) is 0 Å². The molecule has 0 aliphatic heterocycles. The quantitative estimate of drug-likeness (QED) is 0.0512. The number of aromatic hydroxyl groups is 1. The molecule has 2 fully saturated rings. The van der Waals surface area contributed by atoms with Crippen molar-refractivity contribution >= 4 is 65.4 Å². The molecule has 23 heteroatoms. The minimum Gasteiger partial charge on any atom is -0.508 e. The molecule has 63 heavy (non-hydrogen) atoms. The number of primary amides is 1. The Morgan fingerprint density at radius 2 is 1.17 bits per heavy atom. The highest BCUT2D eigenvalue weighted by Gasteiger charge is 2.56. The van der Waals surface area contributed by atoms with E-state index in [1.807, 2.05) is 16.7 Å². The standard InChI is InChI=1S/C40H50N4O19/c1-40-11-10-19-18-5-3-17(45)12-16(18)2-4-20(19)24(40)6-7-28(40)63-30(47)9-8-29(46)42-26(14-22(36(55)56)37(57)58)32(49)44-27(15-23(38(59)60)39(61)62)33(50)43-25(31(41)48)13-21(34(51)52)35(53)54/h3,5,12,19-28,45H,2,4,6-11,13-15H2,1H3,(H2,41,48)(H,42,46)(H,43,50)(H,44,49)(H,51,52)(H,53,54)(H,55,56)(H,57,58)(H,59,60)(H,61,62)/t19-,20-,24+,25+,26+,27+,28-,40+/m1/s1. The van der Waals surface area contributed by atoms with Crippen molar-refractivity contribution in [1.82, 2.24) is 16.0 Å². The number of carbonyl (C=O) groups excluding carboxylic acids is 5. The zero-order valence-corrected chi connectivity index (χ0v) is 33.9. The van der Waals surface area contributed by atoms with Crippen LogP contribution in [-0.2, 0) is 63.9 Å². The van der Waals surface area contributed by atoms with E-state index < -0.39 is 140 Å². The Kier molecular flexibility index (Phi) is 15.8. The molecule has 0 spiro atoms. The number of amides is 4. The second-order valence-corrected chi connectivity index (χ2v) is 16.4. The lowest BCUT2D eigenvalue weighted by Gasteiger charge is -2.50. The summed E-state index contributed by atoms with van der Waals surface area (Å²) in [5.41, 5.74) is 7.18. The molecule has 1 aromatic carbocycles. The van der Waals surface area contributed by atoms with Crippen LogP contribution < -0.4 is 21.7 Å². The molecule has 4 amide bonds. The number of hydrogen-bond donors (Lipinski definition) is 11. The molecule has 2 saturated carbocycles. The predicted molar refractivity (Wildman–Crippen MR) is 207 cm³/mol. The Balaban J connectivity index is 1.48. The van der Waals surface area contributed by atoms with E-state index in [0.29, 0.717) is 18.3 Å². The molecule has 8 atom stereocenters. The van der Waals surface area contributed by atoms with E-state index in [-0.39, 0.29) is 17.1 Å². The van der Waals surface area contributed by atoms with Gasteiger partial charge in [0.25, 0.3) is 0 Å². The molecule has 3 aliphatic carbocycles. The first-order valence-corrected chi connectivity index (χ1v) is 20.0. The van der Waals surface area contributed by atoms with Crippen molar-refractivity contribution in [3.8, 4) is 5.75 Å². The van der Waals surface area contributed by atoms with Crippen molar-refractivity contribution in [2.24, 2.45) is 40.7 Å². The second kappa shape index (κ2) is 20.4. The summed E-state index contributed by atoms with van der Waals surface area (Å²) in [5, 5.41) is 72.3. The molecule has 0 saturated heterocycles. The van der Waals surface area contributed by atoms with Crippen LogP contribution in [0.1, 0.15) is 88.2 Å². The number of esters is 1. The maximum atomic E-state index is 13.7. The highest BCUT2D eigenvalue weighted by atomic mass is 16.5. The fourth-order valence-electron chi connectivity index (χ4n) is 9.30. The SMILES string of the molecule is C[C@]12CC[C@@H]3c4ccc(O)cc4CC[C@H]3[C@@H]1CC[C@H]2OC(=O)CCC(=O)N[C@@H](CC(C(=O)O)C(=O)O)C(=O)N[C@@H](CC(C(=O)O)C(=O)O)C(=O)N[C@@H](CC(C(=O)O)C(=O)O)C(N)=O. The number of benzene rings is 1. The number of aliphatic carboxylic acids is 6. The molecule has 0 radical (unpaired) electrons. The maximum Gasteiger partial charge on any atom is 0.317 e. The van der Waals surface area contributed by atoms with Crippen molar-refractivity contribution < 1.29 is 93.2 Å². The minimum absolute atomic E-state index is 0.211. The third-order valence-corrected chi connectivity index (χ3v) is 12.6. The van der Waals surface area contributed by atoms with Crippen molar-refractivity contribution in [2.75, 3.05) is 0 Å². The number of phenols is 1. The van der Waals surface area contributed by atoms with Gasteiger partial charge in [0.1, 0.15) is 30.0 Å². The van der Waals surface area contributed by atoms with Gasteiger partial charge >= 0.3 is 41.8 Å². The number of carboxylic acid groups (broad SMARTS) is 6. The highest BCUT2D eigenvalue weighted by molar-refractivity contribution is 5.99. The summed E-state index contributed by atoms with van der Waals surface area (Å²) in [7, 11) is 0. The van der Waals surface area contributed by atoms with E-state index in [9.17, 15) is 88.5 Å². The van der Waals surface area contributed by atoms with Crippen LogP contribution in [0.4, 0.5) is 0 Å². The molecule has 12 N–H and O–H groups in total. The number of aryl methyl sites for hydroxylation is 1. The van der Waals surface area contributed by atoms with E-state index in [1.165, 1.54) is 5.56 Å². The first-order valence-electron chi connectivity index (χ1n) is 20.0. The van der Waals surface area contributed by atoms with Gasteiger partial charge < -0.3 is 62.2 Å². The van der Waals surface area contributed by atoms with E-state index in [4.69, 9.17) is 10.5 Å². The first-order chi connectivity index (χ1) is 29.4. The monoisotopic (exact) mass is 890 g/mol. The molecular formula is C40H50N4O19. The summed E-state index contributed by atoms with van der Waals surface area (Å²) >= 11 is 0. The summed E-state index contributed by atoms with van der Waals surface area (Å²) in [6.07, 6.45) is -0.755. The van der Waals surface area contributed by atoms with Crippen molar-refractivity contribution in [2.45, 2.75) is 108 Å². The van der Waals surface area contributed by atoms with Gasteiger partial charge in [0.15, 0.2) is 17.8 Å². The van der Waals surface area contributed by atoms with Crippen LogP contribution in [0.5, 0.6) is 5.75 Å². The van der Waals surface area contributed by atoms with Gasteiger partial charge in [0, 0.05) is 31.1 Å². The van der Waals surface area contributed by atoms with Crippen LogP contribution in [0.2, 0.25) is 0 Å². The molecule has 4 rings (SSSR count). The summed E-state index contributed by atoms with van der Waals surface area (Å²) in [6, 6.07) is -1.16. The average molecular weight is 891 g/mol. The Hall–Kier alpha value is -6.81. The summed E-state index contributed by atoms with van der Waals surface area (Å²) < 4.78 is 5.91. The van der Waals surface area contributed by atoms with Gasteiger partial charge in [0.2, 0.25) is 23.6 Å². The van der Waals surface area contributed by atoms with E-state index in [0.717, 1.165) is 37.7 Å². The Morgan fingerprint density at radius 3 is 1.68 bits per heavy atom. The molecule has 3 aliphatic rings. The van der Waals surface area contributed by atoms with Gasteiger partial charge in [-0.2, -0.15) is 0 Å². The second-order valence-electron chi connectivity index (χ2n) is 16.4. The molecule has 344 valence electrons. The maximum absolute atomic E-state index is 13.7. The molecule has 1 aromatic rings. The molecule has 23 nitrogen and oxygen atoms in total. The zero-order valence-electron chi connectivity index (χ0n) is 33.9. The minimum atomic E-state index is -2.47. The van der Waals surface area contributed by atoms with Crippen LogP contribution in [-0.4, -0.2) is 125 Å². The first kappa shape index (κ1) is 48.9. The van der Waals surface area contributed by atoms with Gasteiger partial charge in [-0.3, -0.25) is 52.7 Å². The Morgan fingerprint density at radius 1 is 0.683 bits per heavy atom. The number of ether oxygens (including phenoxy) is 1. The summed E-state index contributed by atoms with van der Waals surface area (Å²) in [4.78, 5) is 136. The number of carboxylic acids is 6. The van der Waals surface area contributed by atoms with E-state index >= 15 is 0 Å². The zero-order chi connectivity index (χ0) is 47.1. The third-order valence-electron chi connectivity index (χ3n) is 12.6. The van der Waals surface area contributed by atoms with Crippen molar-refractivity contribution in [3.05, 3.63) is 29.3 Å². The molecule has 0 bridgehead atoms. The van der Waals surface area contributed by atoms with Crippen LogP contribution in [0.3, 0.4) is 0 Å². The Bertz CT molecular complexity index is 2000. The lowest BCUT2D eigenvalue weighted by Crippen LogP contribution is -2.58. The topological polar surface area (TPSA) is 401 Å². The predicted octanol–water partition coefficient (Wildman–Crippen LogP) is -0.593. The Labute approximate surface area is 357 Å². The van der Waals surface area contributed by atoms with Gasteiger partial charge in [-0.1, -0.05) is 13.0 Å². The number of carbonyl (C=O) groups is 11.